The van der Waals surface area contributed by atoms with E-state index in [1.54, 1.807) is 6.33 Å². The van der Waals surface area contributed by atoms with Gasteiger partial charge in [0.05, 0.1) is 0 Å². The van der Waals surface area contributed by atoms with E-state index in [1.807, 2.05) is 23.7 Å². The molecular formula is C15H16N6. The average molecular weight is 280 g/mol. The lowest BCUT2D eigenvalue weighted by atomic mass is 10.0. The summed E-state index contributed by atoms with van der Waals surface area (Å²) in [6.07, 6.45) is 4.52. The second-order valence-electron chi connectivity index (χ2n) is 5.41. The molecular weight excluding hydrogens is 264 g/mol. The number of hydrogen-bond donors (Lipinski definition) is 0. The lowest BCUT2D eigenvalue weighted by Crippen LogP contribution is -2.22. The largest absolute Gasteiger partial charge is 0.356 e. The topological polar surface area (TPSA) is 59.2 Å². The van der Waals surface area contributed by atoms with Crippen LogP contribution in [0.2, 0.25) is 0 Å². The number of rotatable bonds is 2. The molecule has 1 unspecified atom stereocenters. The van der Waals surface area contributed by atoms with E-state index in [0.29, 0.717) is 11.7 Å². The fourth-order valence-corrected chi connectivity index (χ4v) is 2.96. The first kappa shape index (κ1) is 12.3. The number of aryl methyl sites for hydroxylation is 1. The van der Waals surface area contributed by atoms with Crippen LogP contribution in [0, 0.1) is 6.92 Å². The molecule has 0 bridgehead atoms. The van der Waals surface area contributed by atoms with Crippen molar-refractivity contribution < 1.29 is 0 Å². The number of fused-ring (bicyclic) bond motifs is 1. The lowest BCUT2D eigenvalue weighted by Gasteiger charge is -2.19. The van der Waals surface area contributed by atoms with Gasteiger partial charge in [0.1, 0.15) is 12.1 Å². The van der Waals surface area contributed by atoms with Crippen molar-refractivity contribution in [2.45, 2.75) is 19.3 Å². The maximum Gasteiger partial charge on any atom is 0.254 e. The van der Waals surface area contributed by atoms with Gasteiger partial charge in [-0.3, -0.25) is 4.98 Å². The maximum atomic E-state index is 4.48. The molecule has 0 amide bonds. The Bertz CT molecular complexity index is 766. The van der Waals surface area contributed by atoms with Crippen molar-refractivity contribution in [1.82, 2.24) is 24.6 Å². The highest BCUT2D eigenvalue weighted by molar-refractivity contribution is 5.48. The van der Waals surface area contributed by atoms with Gasteiger partial charge in [-0.2, -0.15) is 14.6 Å². The van der Waals surface area contributed by atoms with E-state index < -0.39 is 0 Å². The van der Waals surface area contributed by atoms with E-state index in [2.05, 4.69) is 43.1 Å². The highest BCUT2D eigenvalue weighted by Crippen LogP contribution is 2.29. The lowest BCUT2D eigenvalue weighted by molar-refractivity contribution is 0.741. The molecule has 106 valence electrons. The Hall–Kier alpha value is -2.50. The molecule has 0 saturated carbocycles. The molecule has 1 saturated heterocycles. The summed E-state index contributed by atoms with van der Waals surface area (Å²) in [5.74, 6) is 2.19. The summed E-state index contributed by atoms with van der Waals surface area (Å²) in [5.41, 5.74) is 2.13. The molecule has 3 aromatic heterocycles. The van der Waals surface area contributed by atoms with Gasteiger partial charge in [-0.1, -0.05) is 6.07 Å². The molecule has 0 aliphatic carbocycles. The molecule has 4 rings (SSSR count). The van der Waals surface area contributed by atoms with Crippen LogP contribution in [0.25, 0.3) is 5.78 Å². The predicted octanol–water partition coefficient (Wildman–Crippen LogP) is 1.82. The number of hydrogen-bond acceptors (Lipinski definition) is 5. The van der Waals surface area contributed by atoms with Crippen LogP contribution < -0.4 is 4.90 Å². The smallest absolute Gasteiger partial charge is 0.254 e. The number of anilines is 1. The fraction of sp³-hybridized carbons (Fsp3) is 0.333. The van der Waals surface area contributed by atoms with E-state index >= 15 is 0 Å². The molecule has 6 heteroatoms. The van der Waals surface area contributed by atoms with Gasteiger partial charge in [0.25, 0.3) is 5.78 Å². The van der Waals surface area contributed by atoms with Crippen molar-refractivity contribution in [2.24, 2.45) is 0 Å². The Labute approximate surface area is 122 Å². The molecule has 0 N–H and O–H groups in total. The molecule has 0 radical (unpaired) electrons. The van der Waals surface area contributed by atoms with E-state index in [0.717, 1.165) is 31.0 Å². The summed E-state index contributed by atoms with van der Waals surface area (Å²) in [6, 6.07) is 8.19. The SMILES string of the molecule is Cc1cc(N2CCC(c3ccccn3)C2)n2ncnc2n1. The summed E-state index contributed by atoms with van der Waals surface area (Å²) in [6.45, 7) is 3.94. The van der Waals surface area contributed by atoms with Crippen molar-refractivity contribution in [3.63, 3.8) is 0 Å². The third-order valence-electron chi connectivity index (χ3n) is 3.98. The first-order valence-corrected chi connectivity index (χ1v) is 7.14. The van der Waals surface area contributed by atoms with Crippen LogP contribution in [0.1, 0.15) is 23.7 Å². The zero-order valence-corrected chi connectivity index (χ0v) is 11.8. The van der Waals surface area contributed by atoms with Crippen molar-refractivity contribution >= 4 is 11.6 Å². The number of pyridine rings is 1. The summed E-state index contributed by atoms with van der Waals surface area (Å²) >= 11 is 0. The number of nitrogens with zero attached hydrogens (tertiary/aromatic N) is 6. The van der Waals surface area contributed by atoms with Crippen LogP contribution >= 0.6 is 0 Å². The maximum absolute atomic E-state index is 4.48. The summed E-state index contributed by atoms with van der Waals surface area (Å²) in [4.78, 5) is 15.4. The third-order valence-corrected chi connectivity index (χ3v) is 3.98. The van der Waals surface area contributed by atoms with Crippen LogP contribution in [0.3, 0.4) is 0 Å². The molecule has 1 aliphatic heterocycles. The summed E-state index contributed by atoms with van der Waals surface area (Å²) < 4.78 is 1.81. The highest BCUT2D eigenvalue weighted by Gasteiger charge is 2.26. The van der Waals surface area contributed by atoms with Crippen molar-refractivity contribution in [2.75, 3.05) is 18.0 Å². The molecule has 0 aromatic carbocycles. The Morgan fingerprint density at radius 1 is 1.24 bits per heavy atom. The quantitative estimate of drug-likeness (QED) is 0.716. The first-order chi connectivity index (χ1) is 10.3. The zero-order valence-electron chi connectivity index (χ0n) is 11.8. The van der Waals surface area contributed by atoms with Crippen molar-refractivity contribution in [1.29, 1.82) is 0 Å². The molecule has 4 heterocycles. The standard InChI is InChI=1S/C15H16N6/c1-11-8-14(21-15(19-11)17-10-18-21)20-7-5-12(9-20)13-4-2-3-6-16-13/h2-4,6,8,10,12H,5,7,9H2,1H3. The van der Waals surface area contributed by atoms with Gasteiger partial charge in [0.15, 0.2) is 0 Å². The Balaban J connectivity index is 1.67. The number of aromatic nitrogens is 5. The predicted molar refractivity (Wildman–Crippen MR) is 79.3 cm³/mol. The van der Waals surface area contributed by atoms with Gasteiger partial charge < -0.3 is 4.90 Å². The van der Waals surface area contributed by atoms with Crippen molar-refractivity contribution in [3.8, 4) is 0 Å². The minimum absolute atomic E-state index is 0.471. The van der Waals surface area contributed by atoms with Crippen LogP contribution in [-0.4, -0.2) is 37.7 Å². The molecule has 1 aliphatic rings. The highest BCUT2D eigenvalue weighted by atomic mass is 15.4. The molecule has 1 atom stereocenters. The van der Waals surface area contributed by atoms with Gasteiger partial charge >= 0.3 is 0 Å². The Morgan fingerprint density at radius 3 is 3.05 bits per heavy atom. The average Bonchev–Trinajstić information content (AvgIpc) is 3.16. The molecule has 0 spiro atoms. The Kier molecular flexibility index (Phi) is 2.80. The fourth-order valence-electron chi connectivity index (χ4n) is 2.96. The van der Waals surface area contributed by atoms with Crippen LogP contribution in [-0.2, 0) is 0 Å². The first-order valence-electron chi connectivity index (χ1n) is 7.14. The van der Waals surface area contributed by atoms with Crippen LogP contribution in [0.5, 0.6) is 0 Å². The summed E-state index contributed by atoms with van der Waals surface area (Å²) in [7, 11) is 0. The molecule has 1 fully saturated rings. The van der Waals surface area contributed by atoms with Gasteiger partial charge in [-0.15, -0.1) is 0 Å². The molecule has 6 nitrogen and oxygen atoms in total. The van der Waals surface area contributed by atoms with Gasteiger partial charge in [-0.05, 0) is 25.5 Å². The van der Waals surface area contributed by atoms with E-state index in [1.165, 1.54) is 5.69 Å². The second-order valence-corrected chi connectivity index (χ2v) is 5.41. The Morgan fingerprint density at radius 2 is 2.19 bits per heavy atom. The molecule has 3 aromatic rings. The minimum Gasteiger partial charge on any atom is -0.356 e. The van der Waals surface area contributed by atoms with Crippen LogP contribution in [0.15, 0.2) is 36.8 Å². The van der Waals surface area contributed by atoms with E-state index in [4.69, 9.17) is 0 Å². The van der Waals surface area contributed by atoms with E-state index in [9.17, 15) is 0 Å². The normalized spacial score (nSPS) is 18.5. The minimum atomic E-state index is 0.471. The van der Waals surface area contributed by atoms with Crippen LogP contribution in [0.4, 0.5) is 5.82 Å². The van der Waals surface area contributed by atoms with E-state index in [-0.39, 0.29) is 0 Å². The monoisotopic (exact) mass is 280 g/mol. The zero-order chi connectivity index (χ0) is 14.2. The summed E-state index contributed by atoms with van der Waals surface area (Å²) in [5, 5.41) is 4.29. The van der Waals surface area contributed by atoms with Gasteiger partial charge in [0, 0.05) is 42.7 Å². The molecule has 21 heavy (non-hydrogen) atoms. The van der Waals surface area contributed by atoms with Gasteiger partial charge in [-0.25, -0.2) is 4.98 Å². The third kappa shape index (κ3) is 2.12. The van der Waals surface area contributed by atoms with Gasteiger partial charge in [0.2, 0.25) is 0 Å². The van der Waals surface area contributed by atoms with Crippen molar-refractivity contribution in [3.05, 3.63) is 48.2 Å². The second kappa shape index (κ2) is 4.80.